The van der Waals surface area contributed by atoms with Gasteiger partial charge in [0.25, 0.3) is 0 Å². The van der Waals surface area contributed by atoms with Crippen LogP contribution in [0.15, 0.2) is 34.1 Å². The molecular weight excluding hydrogens is 398 g/mol. The van der Waals surface area contributed by atoms with Gasteiger partial charge in [-0.3, -0.25) is 4.99 Å². The van der Waals surface area contributed by atoms with Crippen LogP contribution in [0.3, 0.4) is 0 Å². The standard InChI is InChI=1S/C17H24BrN7O/c1-19-16(20-10-13-4-5-23(2)12-13)24-6-8-25(9-7-24)17-21-11-14(18)15(22-17)26-3/h4-5,11-12H,6-10H2,1-3H3,(H,19,20). The molecule has 1 N–H and O–H groups in total. The van der Waals surface area contributed by atoms with E-state index in [1.807, 2.05) is 24.9 Å². The van der Waals surface area contributed by atoms with Crippen LogP contribution < -0.4 is 15.0 Å². The maximum atomic E-state index is 5.26. The van der Waals surface area contributed by atoms with E-state index >= 15 is 0 Å². The molecule has 9 heteroatoms. The van der Waals surface area contributed by atoms with Crippen molar-refractivity contribution >= 4 is 27.8 Å². The van der Waals surface area contributed by atoms with Gasteiger partial charge in [0.2, 0.25) is 11.8 Å². The van der Waals surface area contributed by atoms with Gasteiger partial charge in [-0.05, 0) is 27.6 Å². The van der Waals surface area contributed by atoms with Crippen molar-refractivity contribution in [3.05, 3.63) is 34.7 Å². The maximum Gasteiger partial charge on any atom is 0.232 e. The van der Waals surface area contributed by atoms with Gasteiger partial charge in [0.1, 0.15) is 0 Å². The Morgan fingerprint density at radius 3 is 2.73 bits per heavy atom. The molecule has 3 heterocycles. The molecule has 8 nitrogen and oxygen atoms in total. The minimum atomic E-state index is 0.553. The van der Waals surface area contributed by atoms with E-state index < -0.39 is 0 Å². The lowest BCUT2D eigenvalue weighted by molar-refractivity contribution is 0.366. The van der Waals surface area contributed by atoms with E-state index in [4.69, 9.17) is 4.74 Å². The van der Waals surface area contributed by atoms with Crippen molar-refractivity contribution in [2.24, 2.45) is 12.0 Å². The zero-order chi connectivity index (χ0) is 18.5. The van der Waals surface area contributed by atoms with Crippen LogP contribution in [-0.4, -0.2) is 65.7 Å². The zero-order valence-electron chi connectivity index (χ0n) is 15.3. The number of rotatable bonds is 4. The maximum absolute atomic E-state index is 5.26. The molecule has 140 valence electrons. The summed E-state index contributed by atoms with van der Waals surface area (Å²) in [4.78, 5) is 17.7. The fourth-order valence-corrected chi connectivity index (χ4v) is 3.29. The van der Waals surface area contributed by atoms with Crippen LogP contribution in [0.5, 0.6) is 5.88 Å². The molecule has 1 aliphatic heterocycles. The summed E-state index contributed by atoms with van der Waals surface area (Å²) in [6.45, 7) is 4.14. The number of methoxy groups -OCH3 is 1. The Kier molecular flexibility index (Phi) is 5.97. The average Bonchev–Trinajstić information content (AvgIpc) is 3.08. The molecule has 1 fully saturated rings. The first kappa shape index (κ1) is 18.5. The van der Waals surface area contributed by atoms with Crippen LogP contribution in [-0.2, 0) is 13.6 Å². The summed E-state index contributed by atoms with van der Waals surface area (Å²) in [7, 11) is 5.45. The van der Waals surface area contributed by atoms with Crippen LogP contribution in [0.1, 0.15) is 5.56 Å². The van der Waals surface area contributed by atoms with Crippen molar-refractivity contribution in [1.29, 1.82) is 0 Å². The summed E-state index contributed by atoms with van der Waals surface area (Å²) in [5, 5.41) is 3.44. The number of hydrogen-bond donors (Lipinski definition) is 1. The normalized spacial score (nSPS) is 15.3. The number of ether oxygens (including phenoxy) is 1. The van der Waals surface area contributed by atoms with Crippen LogP contribution in [0.2, 0.25) is 0 Å². The highest BCUT2D eigenvalue weighted by molar-refractivity contribution is 9.10. The van der Waals surface area contributed by atoms with E-state index in [2.05, 4.69) is 58.3 Å². The lowest BCUT2D eigenvalue weighted by Gasteiger charge is -2.36. The van der Waals surface area contributed by atoms with E-state index in [1.165, 1.54) is 5.56 Å². The summed E-state index contributed by atoms with van der Waals surface area (Å²) in [6, 6.07) is 2.11. The van der Waals surface area contributed by atoms with Crippen LogP contribution in [0, 0.1) is 0 Å². The minimum absolute atomic E-state index is 0.553. The fraction of sp³-hybridized carbons (Fsp3) is 0.471. The van der Waals surface area contributed by atoms with Crippen molar-refractivity contribution in [3.8, 4) is 5.88 Å². The second-order valence-electron chi connectivity index (χ2n) is 6.09. The molecule has 26 heavy (non-hydrogen) atoms. The highest BCUT2D eigenvalue weighted by atomic mass is 79.9. The summed E-state index contributed by atoms with van der Waals surface area (Å²) in [5.41, 5.74) is 1.24. The summed E-state index contributed by atoms with van der Waals surface area (Å²) >= 11 is 3.39. The Hall–Kier alpha value is -2.29. The number of aliphatic imine (C=N–C) groups is 1. The molecular formula is C17H24BrN7O. The van der Waals surface area contributed by atoms with E-state index in [0.717, 1.165) is 43.2 Å². The average molecular weight is 422 g/mol. The Morgan fingerprint density at radius 2 is 2.12 bits per heavy atom. The monoisotopic (exact) mass is 421 g/mol. The van der Waals surface area contributed by atoms with E-state index in [1.54, 1.807) is 13.3 Å². The highest BCUT2D eigenvalue weighted by Crippen LogP contribution is 2.23. The van der Waals surface area contributed by atoms with Gasteiger partial charge in [-0.2, -0.15) is 4.98 Å². The van der Waals surface area contributed by atoms with Crippen molar-refractivity contribution in [2.45, 2.75) is 6.54 Å². The first-order valence-electron chi connectivity index (χ1n) is 8.48. The predicted octanol–water partition coefficient (Wildman–Crippen LogP) is 1.48. The van der Waals surface area contributed by atoms with Crippen LogP contribution >= 0.6 is 15.9 Å². The molecule has 0 aliphatic carbocycles. The molecule has 0 radical (unpaired) electrons. The SMILES string of the molecule is CN=C(NCc1ccn(C)c1)N1CCN(c2ncc(Br)c(OC)n2)CC1. The summed E-state index contributed by atoms with van der Waals surface area (Å²) in [6.07, 6.45) is 5.88. The molecule has 0 atom stereocenters. The Morgan fingerprint density at radius 1 is 1.35 bits per heavy atom. The third kappa shape index (κ3) is 4.27. The van der Waals surface area contributed by atoms with Crippen LogP contribution in [0.25, 0.3) is 0 Å². The van der Waals surface area contributed by atoms with Crippen molar-refractivity contribution in [1.82, 2.24) is 24.8 Å². The van der Waals surface area contributed by atoms with Gasteiger partial charge in [-0.15, -0.1) is 0 Å². The van der Waals surface area contributed by atoms with E-state index in [9.17, 15) is 0 Å². The molecule has 0 unspecified atom stereocenters. The van der Waals surface area contributed by atoms with Crippen molar-refractivity contribution in [2.75, 3.05) is 45.2 Å². The summed E-state index contributed by atoms with van der Waals surface area (Å²) in [5.74, 6) is 2.16. The molecule has 1 saturated heterocycles. The molecule has 2 aromatic rings. The second kappa shape index (κ2) is 8.39. The second-order valence-corrected chi connectivity index (χ2v) is 6.94. The molecule has 2 aromatic heterocycles. The number of hydrogen-bond acceptors (Lipinski definition) is 5. The number of nitrogens with one attached hydrogen (secondary N) is 1. The molecule has 0 amide bonds. The third-order valence-corrected chi connectivity index (χ3v) is 4.85. The fourth-order valence-electron chi connectivity index (χ4n) is 2.94. The zero-order valence-corrected chi connectivity index (χ0v) is 16.9. The lowest BCUT2D eigenvalue weighted by atomic mass is 10.3. The first-order chi connectivity index (χ1) is 12.6. The van der Waals surface area contributed by atoms with E-state index in [-0.39, 0.29) is 0 Å². The molecule has 0 aromatic carbocycles. The number of halogens is 1. The van der Waals surface area contributed by atoms with Gasteiger partial charge >= 0.3 is 0 Å². The molecule has 0 bridgehead atoms. The minimum Gasteiger partial charge on any atom is -0.480 e. The Labute approximate surface area is 162 Å². The number of guanidine groups is 1. The Bertz CT molecular complexity index is 768. The van der Waals surface area contributed by atoms with E-state index in [0.29, 0.717) is 11.8 Å². The predicted molar refractivity (Wildman–Crippen MR) is 106 cm³/mol. The summed E-state index contributed by atoms with van der Waals surface area (Å²) < 4.78 is 8.07. The van der Waals surface area contributed by atoms with Crippen LogP contribution in [0.4, 0.5) is 5.95 Å². The number of piperazine rings is 1. The largest absolute Gasteiger partial charge is 0.480 e. The number of aromatic nitrogens is 3. The van der Waals surface area contributed by atoms with Gasteiger partial charge < -0.3 is 24.4 Å². The van der Waals surface area contributed by atoms with Gasteiger partial charge in [0, 0.05) is 59.2 Å². The quantitative estimate of drug-likeness (QED) is 0.595. The van der Waals surface area contributed by atoms with Gasteiger partial charge in [0.15, 0.2) is 5.96 Å². The van der Waals surface area contributed by atoms with Gasteiger partial charge in [-0.25, -0.2) is 4.98 Å². The Balaban J connectivity index is 1.56. The topological polar surface area (TPSA) is 70.8 Å². The smallest absolute Gasteiger partial charge is 0.232 e. The highest BCUT2D eigenvalue weighted by Gasteiger charge is 2.22. The van der Waals surface area contributed by atoms with Crippen molar-refractivity contribution in [3.63, 3.8) is 0 Å². The molecule has 3 rings (SSSR count). The number of aryl methyl sites for hydroxylation is 1. The first-order valence-corrected chi connectivity index (χ1v) is 9.28. The lowest BCUT2D eigenvalue weighted by Crippen LogP contribution is -2.52. The third-order valence-electron chi connectivity index (χ3n) is 4.31. The number of nitrogens with zero attached hydrogens (tertiary/aromatic N) is 6. The molecule has 0 spiro atoms. The molecule has 1 aliphatic rings. The molecule has 0 saturated carbocycles. The van der Waals surface area contributed by atoms with Gasteiger partial charge in [-0.1, -0.05) is 0 Å². The number of anilines is 1. The van der Waals surface area contributed by atoms with Crippen molar-refractivity contribution < 1.29 is 4.74 Å². The van der Waals surface area contributed by atoms with Gasteiger partial charge in [0.05, 0.1) is 17.8 Å².